The molecular weight excluding hydrogens is 299 g/mol. The number of nitrogens with two attached hydrogens (primary N) is 1. The normalized spacial score (nSPS) is 11.8. The molecule has 1 heterocycles. The standard InChI is InChI=1S/C10H8Cl2N2O3S/c1-17-8-2-5-7(3-6(8)11)14-4-9(10(5)12)18(13,15)16/h2-4H,1H3,(H2,13,15,16). The summed E-state index contributed by atoms with van der Waals surface area (Å²) in [4.78, 5) is 3.73. The van der Waals surface area contributed by atoms with E-state index in [1.54, 1.807) is 0 Å². The average molecular weight is 307 g/mol. The highest BCUT2D eigenvalue weighted by atomic mass is 35.5. The van der Waals surface area contributed by atoms with Crippen LogP contribution in [0.15, 0.2) is 23.2 Å². The molecule has 0 saturated heterocycles. The lowest BCUT2D eigenvalue weighted by Crippen LogP contribution is -2.13. The molecule has 0 aliphatic heterocycles. The third kappa shape index (κ3) is 2.24. The Kier molecular flexibility index (Phi) is 3.37. The zero-order chi connectivity index (χ0) is 13.5. The second-order valence-corrected chi connectivity index (χ2v) is 5.80. The van der Waals surface area contributed by atoms with E-state index >= 15 is 0 Å². The number of methoxy groups -OCH3 is 1. The van der Waals surface area contributed by atoms with Crippen LogP contribution in [0.1, 0.15) is 0 Å². The lowest BCUT2D eigenvalue weighted by Gasteiger charge is -2.08. The van der Waals surface area contributed by atoms with E-state index in [0.29, 0.717) is 21.7 Å². The minimum Gasteiger partial charge on any atom is -0.495 e. The van der Waals surface area contributed by atoms with E-state index in [2.05, 4.69) is 4.98 Å². The number of halogens is 2. The van der Waals surface area contributed by atoms with Gasteiger partial charge in [-0.05, 0) is 12.1 Å². The van der Waals surface area contributed by atoms with Gasteiger partial charge in [0.15, 0.2) is 0 Å². The Bertz CT molecular complexity index is 731. The summed E-state index contributed by atoms with van der Waals surface area (Å²) >= 11 is 11.9. The zero-order valence-electron chi connectivity index (χ0n) is 9.15. The topological polar surface area (TPSA) is 82.3 Å². The number of rotatable bonds is 2. The summed E-state index contributed by atoms with van der Waals surface area (Å²) in [5.41, 5.74) is 0.457. The summed E-state index contributed by atoms with van der Waals surface area (Å²) in [6.07, 6.45) is 1.10. The van der Waals surface area contributed by atoms with Crippen LogP contribution in [0.5, 0.6) is 5.75 Å². The zero-order valence-corrected chi connectivity index (χ0v) is 11.5. The summed E-state index contributed by atoms with van der Waals surface area (Å²) in [5.74, 6) is 0.374. The van der Waals surface area contributed by atoms with Crippen LogP contribution < -0.4 is 9.88 Å². The number of hydrogen-bond donors (Lipinski definition) is 1. The van der Waals surface area contributed by atoms with E-state index in [0.717, 1.165) is 6.20 Å². The molecule has 5 nitrogen and oxygen atoms in total. The molecule has 8 heteroatoms. The largest absolute Gasteiger partial charge is 0.495 e. The molecule has 2 aromatic rings. The summed E-state index contributed by atoms with van der Waals surface area (Å²) < 4.78 is 27.7. The maximum Gasteiger partial charge on any atom is 0.241 e. The van der Waals surface area contributed by atoms with Crippen molar-refractivity contribution in [2.75, 3.05) is 7.11 Å². The lowest BCUT2D eigenvalue weighted by atomic mass is 10.2. The van der Waals surface area contributed by atoms with Gasteiger partial charge >= 0.3 is 0 Å². The first-order valence-electron chi connectivity index (χ1n) is 4.69. The maximum atomic E-state index is 11.3. The van der Waals surface area contributed by atoms with E-state index in [1.807, 2.05) is 0 Å². The monoisotopic (exact) mass is 306 g/mol. The van der Waals surface area contributed by atoms with Gasteiger partial charge in [-0.3, -0.25) is 4.98 Å². The summed E-state index contributed by atoms with van der Waals surface area (Å²) in [6, 6.07) is 3.05. The van der Waals surface area contributed by atoms with Crippen molar-refractivity contribution in [3.63, 3.8) is 0 Å². The molecule has 0 fully saturated rings. The molecule has 0 aliphatic rings. The fraction of sp³-hybridized carbons (Fsp3) is 0.100. The van der Waals surface area contributed by atoms with Crippen molar-refractivity contribution >= 4 is 44.1 Å². The van der Waals surface area contributed by atoms with E-state index < -0.39 is 10.0 Å². The minimum atomic E-state index is -3.92. The van der Waals surface area contributed by atoms with Crippen LogP contribution in [0.4, 0.5) is 0 Å². The summed E-state index contributed by atoms with van der Waals surface area (Å²) in [7, 11) is -2.48. The van der Waals surface area contributed by atoms with Crippen molar-refractivity contribution in [2.45, 2.75) is 4.90 Å². The van der Waals surface area contributed by atoms with Crippen molar-refractivity contribution in [2.24, 2.45) is 5.14 Å². The van der Waals surface area contributed by atoms with Crippen molar-refractivity contribution in [3.05, 3.63) is 28.4 Å². The molecule has 1 aromatic heterocycles. The highest BCUT2D eigenvalue weighted by molar-refractivity contribution is 7.89. The Morgan fingerprint density at radius 3 is 2.56 bits per heavy atom. The molecule has 96 valence electrons. The highest BCUT2D eigenvalue weighted by Crippen LogP contribution is 2.34. The van der Waals surface area contributed by atoms with Crippen LogP contribution in [0.2, 0.25) is 10.0 Å². The van der Waals surface area contributed by atoms with Gasteiger partial charge in [-0.2, -0.15) is 0 Å². The average Bonchev–Trinajstić information content (AvgIpc) is 2.27. The molecular formula is C10H8Cl2N2O3S. The van der Waals surface area contributed by atoms with Gasteiger partial charge in [-0.25, -0.2) is 13.6 Å². The number of sulfonamides is 1. The van der Waals surface area contributed by atoms with Crippen LogP contribution >= 0.6 is 23.2 Å². The van der Waals surface area contributed by atoms with Crippen LogP contribution in [0.25, 0.3) is 10.9 Å². The Hall–Kier alpha value is -1.08. The summed E-state index contributed by atoms with van der Waals surface area (Å²) in [5, 5.41) is 5.80. The molecule has 2 N–H and O–H groups in total. The van der Waals surface area contributed by atoms with Gasteiger partial charge in [0.1, 0.15) is 10.6 Å². The number of fused-ring (bicyclic) bond motifs is 1. The number of benzene rings is 1. The van der Waals surface area contributed by atoms with Crippen molar-refractivity contribution in [3.8, 4) is 5.75 Å². The van der Waals surface area contributed by atoms with Crippen LogP contribution in [-0.2, 0) is 10.0 Å². The van der Waals surface area contributed by atoms with Gasteiger partial charge < -0.3 is 4.74 Å². The van der Waals surface area contributed by atoms with Crippen molar-refractivity contribution in [1.82, 2.24) is 4.98 Å². The highest BCUT2D eigenvalue weighted by Gasteiger charge is 2.17. The number of hydrogen-bond acceptors (Lipinski definition) is 4. The van der Waals surface area contributed by atoms with Gasteiger partial charge in [0, 0.05) is 11.6 Å². The SMILES string of the molecule is COc1cc2c(Cl)c(S(N)(=O)=O)cnc2cc1Cl. The smallest absolute Gasteiger partial charge is 0.241 e. The van der Waals surface area contributed by atoms with E-state index in [4.69, 9.17) is 33.1 Å². The molecule has 0 aliphatic carbocycles. The van der Waals surface area contributed by atoms with Gasteiger partial charge in [0.25, 0.3) is 0 Å². The van der Waals surface area contributed by atoms with E-state index in [9.17, 15) is 8.42 Å². The molecule has 1 aromatic carbocycles. The van der Waals surface area contributed by atoms with Gasteiger partial charge in [0.05, 0.1) is 22.7 Å². The molecule has 0 radical (unpaired) electrons. The number of pyridine rings is 1. The fourth-order valence-electron chi connectivity index (χ4n) is 1.50. The third-order valence-electron chi connectivity index (χ3n) is 2.35. The number of aromatic nitrogens is 1. The molecule has 18 heavy (non-hydrogen) atoms. The van der Waals surface area contributed by atoms with Crippen LogP contribution in [0.3, 0.4) is 0 Å². The van der Waals surface area contributed by atoms with Gasteiger partial charge in [-0.15, -0.1) is 0 Å². The molecule has 0 spiro atoms. The first-order valence-corrected chi connectivity index (χ1v) is 6.99. The Balaban J connectivity index is 2.86. The summed E-state index contributed by atoms with van der Waals surface area (Å²) in [6.45, 7) is 0. The Morgan fingerprint density at radius 2 is 2.00 bits per heavy atom. The third-order valence-corrected chi connectivity index (χ3v) is 4.09. The Morgan fingerprint density at radius 1 is 1.33 bits per heavy atom. The second kappa shape index (κ2) is 4.55. The van der Waals surface area contributed by atoms with E-state index in [1.165, 1.54) is 19.2 Å². The molecule has 2 rings (SSSR count). The van der Waals surface area contributed by atoms with Gasteiger partial charge in [-0.1, -0.05) is 23.2 Å². The van der Waals surface area contributed by atoms with Gasteiger partial charge in [0.2, 0.25) is 10.0 Å². The number of ether oxygens (including phenoxy) is 1. The number of primary sulfonamides is 1. The second-order valence-electron chi connectivity index (χ2n) is 3.49. The van der Waals surface area contributed by atoms with E-state index in [-0.39, 0.29) is 9.92 Å². The maximum absolute atomic E-state index is 11.3. The van der Waals surface area contributed by atoms with Crippen LogP contribution in [-0.4, -0.2) is 20.5 Å². The molecule has 0 bridgehead atoms. The first kappa shape index (κ1) is 13.4. The Labute approximate surface area is 114 Å². The molecule has 0 amide bonds. The predicted octanol–water partition coefficient (Wildman–Crippen LogP) is 2.20. The fourth-order valence-corrected chi connectivity index (χ4v) is 2.82. The van der Waals surface area contributed by atoms with Crippen LogP contribution in [0, 0.1) is 0 Å². The minimum absolute atomic E-state index is 0.00235. The molecule has 0 unspecified atom stereocenters. The first-order chi connectivity index (χ1) is 8.34. The predicted molar refractivity (Wildman–Crippen MR) is 69.7 cm³/mol. The molecule has 0 saturated carbocycles. The van der Waals surface area contributed by atoms with Crippen molar-refractivity contribution < 1.29 is 13.2 Å². The van der Waals surface area contributed by atoms with Crippen molar-refractivity contribution in [1.29, 1.82) is 0 Å². The quantitative estimate of drug-likeness (QED) is 0.922. The molecule has 0 atom stereocenters. The number of nitrogens with zero attached hydrogens (tertiary/aromatic N) is 1. The lowest BCUT2D eigenvalue weighted by molar-refractivity contribution is 0.415.